The molecule has 0 fully saturated rings. The van der Waals surface area contributed by atoms with Crippen LogP contribution in [0.15, 0.2) is 28.7 Å². The van der Waals surface area contributed by atoms with Gasteiger partial charge in [0.15, 0.2) is 12.0 Å². The summed E-state index contributed by atoms with van der Waals surface area (Å²) in [4.78, 5) is 11.8. The maximum absolute atomic E-state index is 11.8. The lowest BCUT2D eigenvalue weighted by Crippen LogP contribution is -2.32. The molecule has 0 radical (unpaired) electrons. The molecule has 94 valence electrons. The molecule has 0 bridgehead atoms. The molecule has 1 aromatic heterocycles. The van der Waals surface area contributed by atoms with Crippen molar-refractivity contribution in [3.63, 3.8) is 0 Å². The first kappa shape index (κ1) is 13.0. The van der Waals surface area contributed by atoms with Crippen LogP contribution >= 0.6 is 27.5 Å². The Labute approximate surface area is 117 Å². The predicted molar refractivity (Wildman–Crippen MR) is 74.8 cm³/mol. The SMILES string of the molecule is Cc1c(NC(=O)Nc2ccc(Br)cc2)sn[n+]1C. The molecule has 0 atom stereocenters. The molecule has 2 rings (SSSR count). The van der Waals surface area contributed by atoms with Crippen molar-refractivity contribution in [2.24, 2.45) is 7.05 Å². The van der Waals surface area contributed by atoms with Crippen LogP contribution < -0.4 is 15.3 Å². The number of hydrogen-bond acceptors (Lipinski definition) is 3. The lowest BCUT2D eigenvalue weighted by atomic mass is 10.3. The van der Waals surface area contributed by atoms with E-state index in [0.29, 0.717) is 0 Å². The third kappa shape index (κ3) is 3.05. The van der Waals surface area contributed by atoms with Gasteiger partial charge < -0.3 is 5.32 Å². The van der Waals surface area contributed by atoms with Crippen LogP contribution in [-0.4, -0.2) is 10.5 Å². The second-order valence-electron chi connectivity index (χ2n) is 3.70. The number of anilines is 2. The van der Waals surface area contributed by atoms with Crippen molar-refractivity contribution in [3.05, 3.63) is 34.4 Å². The first-order chi connectivity index (χ1) is 8.56. The van der Waals surface area contributed by atoms with E-state index in [1.54, 1.807) is 4.68 Å². The van der Waals surface area contributed by atoms with Gasteiger partial charge in [-0.05, 0) is 24.3 Å². The van der Waals surface area contributed by atoms with Gasteiger partial charge in [0.05, 0.1) is 16.0 Å². The van der Waals surface area contributed by atoms with Gasteiger partial charge in [-0.25, -0.2) is 4.79 Å². The molecule has 2 amide bonds. The second kappa shape index (κ2) is 5.45. The number of halogens is 1. The zero-order valence-electron chi connectivity index (χ0n) is 9.90. The maximum Gasteiger partial charge on any atom is 0.324 e. The highest BCUT2D eigenvalue weighted by Crippen LogP contribution is 2.17. The van der Waals surface area contributed by atoms with E-state index in [1.807, 2.05) is 38.2 Å². The zero-order valence-corrected chi connectivity index (χ0v) is 12.3. The minimum absolute atomic E-state index is 0.273. The number of nitrogens with zero attached hydrogens (tertiary/aromatic N) is 2. The number of urea groups is 1. The first-order valence-electron chi connectivity index (χ1n) is 5.22. The van der Waals surface area contributed by atoms with Crippen molar-refractivity contribution in [1.29, 1.82) is 0 Å². The van der Waals surface area contributed by atoms with Gasteiger partial charge in [-0.15, -0.1) is 0 Å². The molecule has 0 spiro atoms. The summed E-state index contributed by atoms with van der Waals surface area (Å²) in [6.45, 7) is 1.90. The van der Waals surface area contributed by atoms with E-state index in [2.05, 4.69) is 31.1 Å². The number of carbonyl (C=O) groups excluding carboxylic acids is 1. The predicted octanol–water partition coefficient (Wildman–Crippen LogP) is 2.68. The average molecular weight is 328 g/mol. The van der Waals surface area contributed by atoms with E-state index in [4.69, 9.17) is 0 Å². The van der Waals surface area contributed by atoms with Gasteiger partial charge in [0.1, 0.15) is 0 Å². The molecule has 1 aromatic carbocycles. The van der Waals surface area contributed by atoms with Crippen molar-refractivity contribution < 1.29 is 9.48 Å². The topological polar surface area (TPSA) is 57.9 Å². The van der Waals surface area contributed by atoms with Gasteiger partial charge in [0.2, 0.25) is 5.69 Å². The molecule has 0 unspecified atom stereocenters. The van der Waals surface area contributed by atoms with Crippen molar-refractivity contribution in [3.8, 4) is 0 Å². The Morgan fingerprint density at radius 3 is 2.56 bits per heavy atom. The summed E-state index contributed by atoms with van der Waals surface area (Å²) < 4.78 is 6.79. The number of benzene rings is 1. The summed E-state index contributed by atoms with van der Waals surface area (Å²) in [6.07, 6.45) is 0. The minimum Gasteiger partial charge on any atom is -0.308 e. The Kier molecular flexibility index (Phi) is 3.93. The maximum atomic E-state index is 11.8. The molecule has 0 aliphatic carbocycles. The van der Waals surface area contributed by atoms with Crippen LogP contribution in [0, 0.1) is 6.92 Å². The molecule has 2 aromatic rings. The summed E-state index contributed by atoms with van der Waals surface area (Å²) in [5.74, 6) is 0. The Morgan fingerprint density at radius 2 is 2.00 bits per heavy atom. The highest BCUT2D eigenvalue weighted by atomic mass is 79.9. The van der Waals surface area contributed by atoms with E-state index < -0.39 is 0 Å². The van der Waals surface area contributed by atoms with Crippen LogP contribution in [0.25, 0.3) is 0 Å². The van der Waals surface area contributed by atoms with E-state index in [-0.39, 0.29) is 6.03 Å². The van der Waals surface area contributed by atoms with Crippen LogP contribution in [0.1, 0.15) is 5.69 Å². The fourth-order valence-electron chi connectivity index (χ4n) is 1.29. The van der Waals surface area contributed by atoms with Gasteiger partial charge in [-0.1, -0.05) is 20.6 Å². The van der Waals surface area contributed by atoms with Crippen LogP contribution in [0.4, 0.5) is 15.5 Å². The van der Waals surface area contributed by atoms with Gasteiger partial charge >= 0.3 is 6.03 Å². The van der Waals surface area contributed by atoms with Crippen LogP contribution in [0.2, 0.25) is 0 Å². The molecule has 0 aliphatic rings. The van der Waals surface area contributed by atoms with Crippen LogP contribution in [0.5, 0.6) is 0 Å². The minimum atomic E-state index is -0.273. The van der Waals surface area contributed by atoms with Crippen molar-refractivity contribution in [2.45, 2.75) is 6.92 Å². The fourth-order valence-corrected chi connectivity index (χ4v) is 2.28. The molecule has 2 N–H and O–H groups in total. The number of nitrogens with one attached hydrogen (secondary N) is 2. The highest BCUT2D eigenvalue weighted by Gasteiger charge is 2.15. The van der Waals surface area contributed by atoms with Gasteiger partial charge in [-0.2, -0.15) is 0 Å². The largest absolute Gasteiger partial charge is 0.324 e. The summed E-state index contributed by atoms with van der Waals surface area (Å²) in [7, 11) is 1.84. The number of aromatic nitrogens is 2. The Balaban J connectivity index is 2.01. The zero-order chi connectivity index (χ0) is 13.1. The molecule has 5 nitrogen and oxygen atoms in total. The van der Waals surface area contributed by atoms with Gasteiger partial charge in [0, 0.05) is 17.1 Å². The molecular formula is C11H12BrN4OS+. The molecule has 0 saturated heterocycles. The Morgan fingerprint density at radius 1 is 1.33 bits per heavy atom. The van der Waals surface area contributed by atoms with Crippen molar-refractivity contribution in [2.75, 3.05) is 10.6 Å². The van der Waals surface area contributed by atoms with Gasteiger partial charge in [0.25, 0.3) is 0 Å². The van der Waals surface area contributed by atoms with Crippen LogP contribution in [-0.2, 0) is 7.05 Å². The Bertz CT molecular complexity index is 567. The lowest BCUT2D eigenvalue weighted by Gasteiger charge is -2.05. The van der Waals surface area contributed by atoms with Crippen LogP contribution in [0.3, 0.4) is 0 Å². The van der Waals surface area contributed by atoms with E-state index >= 15 is 0 Å². The van der Waals surface area contributed by atoms with Gasteiger partial charge in [-0.3, -0.25) is 5.32 Å². The number of amides is 2. The summed E-state index contributed by atoms with van der Waals surface area (Å²) in [5, 5.41) is 6.26. The van der Waals surface area contributed by atoms with E-state index in [0.717, 1.165) is 20.9 Å². The quantitative estimate of drug-likeness (QED) is 0.833. The van der Waals surface area contributed by atoms with Crippen molar-refractivity contribution in [1.82, 2.24) is 4.49 Å². The number of aryl methyl sites for hydroxylation is 1. The highest BCUT2D eigenvalue weighted by molar-refractivity contribution is 9.10. The Hall–Kier alpha value is -1.47. The number of carbonyl (C=O) groups is 1. The fraction of sp³-hybridized carbons (Fsp3) is 0.182. The molecule has 1 heterocycles. The normalized spacial score (nSPS) is 10.2. The summed E-state index contributed by atoms with van der Waals surface area (Å²) >= 11 is 4.59. The lowest BCUT2D eigenvalue weighted by molar-refractivity contribution is -0.728. The molecule has 0 saturated carbocycles. The first-order valence-corrected chi connectivity index (χ1v) is 6.79. The average Bonchev–Trinajstić information content (AvgIpc) is 2.64. The smallest absolute Gasteiger partial charge is 0.308 e. The third-order valence-corrected chi connectivity index (χ3v) is 3.83. The second-order valence-corrected chi connectivity index (χ2v) is 5.37. The molecule has 18 heavy (non-hydrogen) atoms. The molecular weight excluding hydrogens is 316 g/mol. The monoisotopic (exact) mass is 327 g/mol. The number of hydrogen-bond donors (Lipinski definition) is 2. The third-order valence-electron chi connectivity index (χ3n) is 2.40. The standard InChI is InChI=1S/C11H11BrN4OS/c1-7-10(18-15-16(7)2)14-11(17)13-9-5-3-8(12)4-6-9/h3-6H,1-2H3,(H-,13,14,15,17)/p+1. The van der Waals surface area contributed by atoms with E-state index in [1.165, 1.54) is 11.5 Å². The summed E-state index contributed by atoms with van der Waals surface area (Å²) in [5.41, 5.74) is 1.66. The molecule has 0 aliphatic heterocycles. The number of rotatable bonds is 2. The van der Waals surface area contributed by atoms with E-state index in [9.17, 15) is 4.79 Å². The molecule has 7 heteroatoms. The van der Waals surface area contributed by atoms with Crippen molar-refractivity contribution >= 4 is 44.2 Å². The summed E-state index contributed by atoms with van der Waals surface area (Å²) in [6, 6.07) is 7.11.